The zero-order chi connectivity index (χ0) is 22.7. The van der Waals surface area contributed by atoms with E-state index in [0.717, 1.165) is 32.1 Å². The molecule has 7 heteroatoms. The van der Waals surface area contributed by atoms with Crippen LogP contribution in [-0.4, -0.2) is 15.7 Å². The Morgan fingerprint density at radius 2 is 1.94 bits per heavy atom. The molecule has 1 aromatic heterocycles. The molecule has 5 atom stereocenters. The van der Waals surface area contributed by atoms with Gasteiger partial charge in [0, 0.05) is 26.8 Å². The lowest BCUT2D eigenvalue weighted by Gasteiger charge is -2.40. The van der Waals surface area contributed by atoms with Gasteiger partial charge in [-0.15, -0.1) is 11.8 Å². The van der Waals surface area contributed by atoms with Crippen molar-refractivity contribution in [3.8, 4) is 0 Å². The van der Waals surface area contributed by atoms with Gasteiger partial charge in [0.2, 0.25) is 5.91 Å². The Hall–Kier alpha value is -2.02. The molecule has 1 N–H and O–H groups in total. The Balaban J connectivity index is 1.37. The molecule has 3 aliphatic rings. The highest BCUT2D eigenvalue weighted by Gasteiger charge is 2.55. The van der Waals surface area contributed by atoms with E-state index in [-0.39, 0.29) is 23.2 Å². The molecule has 1 amide bonds. The van der Waals surface area contributed by atoms with Crippen molar-refractivity contribution < 1.29 is 4.79 Å². The molecular weight excluding hydrogens is 472 g/mol. The van der Waals surface area contributed by atoms with E-state index in [1.165, 1.54) is 36.2 Å². The number of benzene rings is 2. The Morgan fingerprint density at radius 1 is 1.15 bits per heavy atom. The van der Waals surface area contributed by atoms with Crippen LogP contribution in [0.2, 0.25) is 5.02 Å². The number of hydrogen-bond donors (Lipinski definition) is 1. The monoisotopic (exact) mass is 496 g/mol. The minimum atomic E-state index is -0.165. The van der Waals surface area contributed by atoms with E-state index in [4.69, 9.17) is 11.6 Å². The van der Waals surface area contributed by atoms with Crippen LogP contribution in [0.3, 0.4) is 0 Å². The largest absolute Gasteiger partial charge is 0.325 e. The van der Waals surface area contributed by atoms with Gasteiger partial charge in [0.05, 0.1) is 5.03 Å². The first kappa shape index (κ1) is 21.5. The van der Waals surface area contributed by atoms with Crippen molar-refractivity contribution in [3.63, 3.8) is 0 Å². The highest BCUT2D eigenvalue weighted by atomic mass is 35.5. The smallest absolute Gasteiger partial charge is 0.308 e. The summed E-state index contributed by atoms with van der Waals surface area (Å²) < 4.78 is 1.71. The van der Waals surface area contributed by atoms with Crippen LogP contribution >= 0.6 is 34.7 Å². The third kappa shape index (κ3) is 3.76. The van der Waals surface area contributed by atoms with Gasteiger partial charge < -0.3 is 5.32 Å². The molecule has 1 aliphatic heterocycles. The number of thiazole rings is 1. The maximum Gasteiger partial charge on any atom is 0.308 e. The van der Waals surface area contributed by atoms with Crippen LogP contribution in [0.4, 0.5) is 5.69 Å². The number of fused-ring (bicyclic) bond motifs is 6. The summed E-state index contributed by atoms with van der Waals surface area (Å²) in [6.07, 6.45) is 3.86. The fourth-order valence-electron chi connectivity index (χ4n) is 6.20. The summed E-state index contributed by atoms with van der Waals surface area (Å²) in [5.74, 6) is 2.02. The molecule has 2 heterocycles. The van der Waals surface area contributed by atoms with Crippen molar-refractivity contribution in [2.24, 2.45) is 17.8 Å². The number of nitrogens with one attached hydrogen (secondary N) is 1. The molecule has 170 valence electrons. The first-order valence-electron chi connectivity index (χ1n) is 11.5. The topological polar surface area (TPSA) is 51.1 Å². The predicted molar refractivity (Wildman–Crippen MR) is 136 cm³/mol. The zero-order valence-electron chi connectivity index (χ0n) is 18.3. The third-order valence-electron chi connectivity index (χ3n) is 7.52. The Kier molecular flexibility index (Phi) is 5.43. The van der Waals surface area contributed by atoms with E-state index in [2.05, 4.69) is 17.4 Å². The fourth-order valence-corrected chi connectivity index (χ4v) is 9.47. The predicted octanol–water partition coefficient (Wildman–Crippen LogP) is 6.16. The molecule has 3 aromatic rings. The lowest BCUT2D eigenvalue weighted by molar-refractivity contribution is -0.116. The normalized spacial score (nSPS) is 27.3. The van der Waals surface area contributed by atoms with Crippen molar-refractivity contribution in [1.82, 2.24) is 4.57 Å². The third-order valence-corrected chi connectivity index (χ3v) is 10.6. The van der Waals surface area contributed by atoms with Gasteiger partial charge in [0.1, 0.15) is 6.54 Å². The van der Waals surface area contributed by atoms with E-state index in [9.17, 15) is 9.59 Å². The number of rotatable bonds is 4. The number of hydrogen-bond acceptors (Lipinski definition) is 4. The Morgan fingerprint density at radius 3 is 2.73 bits per heavy atom. The highest BCUT2D eigenvalue weighted by Crippen LogP contribution is 2.64. The standard InChI is InChI=1S/C26H25ClN2O2S2/c1-14-3-2-4-19(11-14)28-20(30)13-29-25-24(33-26(29)31)21(15-7-9-18(27)10-8-15)22-16-5-6-17(12-16)23(22)32-25/h2-4,7-11,16-17,21-23H,5-6,12-13H2,1H3,(H,28,30)/t16-,17+,21-,22+,23-/m0/s1. The van der Waals surface area contributed by atoms with Gasteiger partial charge in [-0.2, -0.15) is 0 Å². The second-order valence-electron chi connectivity index (χ2n) is 9.56. The van der Waals surface area contributed by atoms with Crippen molar-refractivity contribution in [2.75, 3.05) is 5.32 Å². The summed E-state index contributed by atoms with van der Waals surface area (Å²) in [7, 11) is 0. The summed E-state index contributed by atoms with van der Waals surface area (Å²) in [5.41, 5.74) is 3.08. The van der Waals surface area contributed by atoms with Gasteiger partial charge in [-0.05, 0) is 79.3 Å². The SMILES string of the molecule is Cc1cccc(NC(=O)Cn2c3c(sc2=O)[C@@H](c2ccc(Cl)cc2)[C@H]2[C@H]4CC[C@H](C4)[C@@H]2S3)c1. The van der Waals surface area contributed by atoms with Gasteiger partial charge in [-0.25, -0.2) is 0 Å². The summed E-state index contributed by atoms with van der Waals surface area (Å²) in [6.45, 7) is 2.04. The number of carbonyl (C=O) groups excluding carboxylic acids is 1. The van der Waals surface area contributed by atoms with Crippen molar-refractivity contribution in [3.05, 3.63) is 79.2 Å². The van der Waals surface area contributed by atoms with Gasteiger partial charge in [-0.3, -0.25) is 14.2 Å². The second-order valence-corrected chi connectivity index (χ2v) is 12.2. The minimum Gasteiger partial charge on any atom is -0.325 e. The van der Waals surface area contributed by atoms with E-state index in [1.807, 2.05) is 55.1 Å². The number of aromatic nitrogens is 1. The fraction of sp³-hybridized carbons (Fsp3) is 0.385. The number of anilines is 1. The van der Waals surface area contributed by atoms with Gasteiger partial charge in [0.25, 0.3) is 0 Å². The summed E-state index contributed by atoms with van der Waals surface area (Å²) >= 11 is 9.37. The van der Waals surface area contributed by atoms with Crippen LogP contribution in [0.25, 0.3) is 0 Å². The molecule has 2 aliphatic carbocycles. The molecular formula is C26H25ClN2O2S2. The number of thioether (sulfide) groups is 1. The van der Waals surface area contributed by atoms with E-state index in [0.29, 0.717) is 17.1 Å². The Bertz CT molecular complexity index is 1280. The number of aryl methyl sites for hydroxylation is 1. The second kappa shape index (κ2) is 8.33. The van der Waals surface area contributed by atoms with Crippen LogP contribution in [0.15, 0.2) is 58.4 Å². The molecule has 2 fully saturated rings. The first-order chi connectivity index (χ1) is 16.0. The van der Waals surface area contributed by atoms with Crippen molar-refractivity contribution >= 4 is 46.3 Å². The quantitative estimate of drug-likeness (QED) is 0.470. The maximum absolute atomic E-state index is 13.1. The van der Waals surface area contributed by atoms with Crippen LogP contribution in [-0.2, 0) is 11.3 Å². The van der Waals surface area contributed by atoms with Crippen molar-refractivity contribution in [2.45, 2.75) is 48.9 Å². The number of nitrogens with zero attached hydrogens (tertiary/aromatic N) is 1. The first-order valence-corrected chi connectivity index (χ1v) is 13.6. The average molecular weight is 497 g/mol. The number of halogens is 1. The minimum absolute atomic E-state index is 0.0434. The van der Waals surface area contributed by atoms with Crippen molar-refractivity contribution in [1.29, 1.82) is 0 Å². The van der Waals surface area contributed by atoms with Crippen LogP contribution in [0.1, 0.15) is 41.2 Å². The lowest BCUT2D eigenvalue weighted by Crippen LogP contribution is -2.34. The van der Waals surface area contributed by atoms with E-state index >= 15 is 0 Å². The van der Waals surface area contributed by atoms with Gasteiger partial charge >= 0.3 is 4.87 Å². The van der Waals surface area contributed by atoms with Gasteiger partial charge in [-0.1, -0.05) is 47.2 Å². The van der Waals surface area contributed by atoms with Gasteiger partial charge in [0.15, 0.2) is 0 Å². The molecule has 0 unspecified atom stereocenters. The number of amides is 1. The average Bonchev–Trinajstić information content (AvgIpc) is 3.48. The molecule has 4 nitrogen and oxygen atoms in total. The van der Waals surface area contributed by atoms with E-state index < -0.39 is 0 Å². The molecule has 0 spiro atoms. The highest BCUT2D eigenvalue weighted by molar-refractivity contribution is 8.00. The molecule has 2 aromatic carbocycles. The molecule has 6 rings (SSSR count). The summed E-state index contributed by atoms with van der Waals surface area (Å²) in [6, 6.07) is 15.9. The van der Waals surface area contributed by atoms with E-state index in [1.54, 1.807) is 4.57 Å². The maximum atomic E-state index is 13.1. The Labute approximate surface area is 206 Å². The molecule has 2 saturated carbocycles. The molecule has 33 heavy (non-hydrogen) atoms. The zero-order valence-corrected chi connectivity index (χ0v) is 20.7. The molecule has 0 saturated heterocycles. The molecule has 0 radical (unpaired) electrons. The summed E-state index contributed by atoms with van der Waals surface area (Å²) in [5, 5.41) is 5.20. The van der Waals surface area contributed by atoms with Crippen LogP contribution in [0, 0.1) is 24.7 Å². The van der Waals surface area contributed by atoms with Crippen LogP contribution < -0.4 is 10.2 Å². The number of carbonyl (C=O) groups is 1. The van der Waals surface area contributed by atoms with Crippen LogP contribution in [0.5, 0.6) is 0 Å². The molecule has 2 bridgehead atoms. The lowest BCUT2D eigenvalue weighted by atomic mass is 9.75. The summed E-state index contributed by atoms with van der Waals surface area (Å²) in [4.78, 5) is 27.1.